The molecule has 6 unspecified atom stereocenters. The normalized spacial score (nSPS) is 44.4. The Morgan fingerprint density at radius 2 is 2.08 bits per heavy atom. The zero-order valence-electron chi connectivity index (χ0n) is 14.3. The first kappa shape index (κ1) is 15.8. The van der Waals surface area contributed by atoms with Crippen molar-refractivity contribution in [1.29, 1.82) is 0 Å². The van der Waals surface area contributed by atoms with Crippen LogP contribution in [0.4, 0.5) is 0 Å². The maximum atomic E-state index is 13.1. The Balaban J connectivity index is 1.35. The Labute approximate surface area is 149 Å². The number of fused-ring (bicyclic) bond motifs is 3. The van der Waals surface area contributed by atoms with Crippen LogP contribution in [0, 0.1) is 35.0 Å². The molecule has 6 nitrogen and oxygen atoms in total. The summed E-state index contributed by atoms with van der Waals surface area (Å²) in [5.41, 5.74) is -0.490. The number of carbonyl (C=O) groups excluding carboxylic acids is 2. The zero-order valence-corrected chi connectivity index (χ0v) is 16.5. The van der Waals surface area contributed by atoms with Gasteiger partial charge in [0.25, 0.3) is 0 Å². The van der Waals surface area contributed by atoms with Gasteiger partial charge in [-0.3, -0.25) is 0 Å². The van der Waals surface area contributed by atoms with Crippen LogP contribution in [0.1, 0.15) is 40.0 Å². The van der Waals surface area contributed by atoms with Gasteiger partial charge in [-0.05, 0) is 0 Å². The number of hydrogen-bond acceptors (Lipinski definition) is 6. The van der Waals surface area contributed by atoms with Crippen LogP contribution in [0.3, 0.4) is 0 Å². The summed E-state index contributed by atoms with van der Waals surface area (Å²) < 4.78 is 18.4. The third kappa shape index (κ3) is 1.84. The Morgan fingerprint density at radius 3 is 2.71 bits per heavy atom. The van der Waals surface area contributed by atoms with Crippen molar-refractivity contribution >= 4 is 32.3 Å². The van der Waals surface area contributed by atoms with E-state index in [-0.39, 0.29) is 39.5 Å². The number of rotatable bonds is 4. The molecule has 0 aromatic heterocycles. The molecule has 0 aromatic rings. The van der Waals surface area contributed by atoms with Gasteiger partial charge in [-0.25, -0.2) is 0 Å². The Kier molecular flexibility index (Phi) is 3.20. The summed E-state index contributed by atoms with van der Waals surface area (Å²) in [5, 5.41) is 0. The van der Waals surface area contributed by atoms with E-state index in [1.165, 1.54) is 0 Å². The van der Waals surface area contributed by atoms with Crippen LogP contribution >= 0.6 is 20.4 Å². The summed E-state index contributed by atoms with van der Waals surface area (Å²) in [4.78, 5) is 25.1. The number of alkyl halides is 1. The molecule has 134 valence electrons. The molecule has 7 heteroatoms. The van der Waals surface area contributed by atoms with Gasteiger partial charge < -0.3 is 0 Å². The van der Waals surface area contributed by atoms with Gasteiger partial charge >= 0.3 is 150 Å². The van der Waals surface area contributed by atoms with Gasteiger partial charge in [0, 0.05) is 0 Å². The molecule has 0 radical (unpaired) electrons. The fourth-order valence-electron chi connectivity index (χ4n) is 5.27. The molecule has 6 aliphatic rings. The summed E-state index contributed by atoms with van der Waals surface area (Å²) in [6, 6.07) is 0. The van der Waals surface area contributed by atoms with E-state index in [2.05, 4.69) is 27.8 Å². The molecule has 6 fully saturated rings. The van der Waals surface area contributed by atoms with Gasteiger partial charge in [0.2, 0.25) is 0 Å². The number of nitrogens with one attached hydrogen (secondary N) is 2. The quantitative estimate of drug-likeness (QED) is 0.171. The number of hydrogen-bond donors (Lipinski definition) is 2. The molecule has 3 saturated heterocycles. The molecule has 2 N–H and O–H groups in total. The fraction of sp³-hybridized carbons (Fsp3) is 0.882. The minimum absolute atomic E-state index is 0.0237. The molecule has 3 aliphatic carbocycles. The second-order valence-corrected chi connectivity index (χ2v) is 12.8. The van der Waals surface area contributed by atoms with Crippen LogP contribution in [-0.2, 0) is 19.1 Å². The van der Waals surface area contributed by atoms with Crippen LogP contribution < -0.4 is 7.06 Å². The molecule has 2 bridgehead atoms. The van der Waals surface area contributed by atoms with Gasteiger partial charge in [0.05, 0.1) is 0 Å². The van der Waals surface area contributed by atoms with Crippen molar-refractivity contribution in [3.8, 4) is 0 Å². The van der Waals surface area contributed by atoms with Gasteiger partial charge in [0.15, 0.2) is 0 Å². The topological polar surface area (TPSA) is 96.5 Å². The molecular weight excluding hydrogens is 423 g/mol. The Hall–Kier alpha value is -0.410. The van der Waals surface area contributed by atoms with Crippen molar-refractivity contribution < 1.29 is 19.1 Å². The molecule has 6 atom stereocenters. The van der Waals surface area contributed by atoms with Crippen molar-refractivity contribution in [3.63, 3.8) is 0 Å². The summed E-state index contributed by atoms with van der Waals surface area (Å²) in [7, 11) is 0. The number of ether oxygens (including phenoxy) is 2. The van der Waals surface area contributed by atoms with E-state index >= 15 is 0 Å². The monoisotopic (exact) mass is 448 g/mol. The molecular formula is C17H25IN2O4. The SMILES string of the molecule is CC(C)C(C)(C(=O)OC1CC2CCC1C1COC(=O)C21)C12NI1N2. The average Bonchev–Trinajstić information content (AvgIpc) is 3.38. The average molecular weight is 448 g/mol. The second-order valence-electron chi connectivity index (χ2n) is 8.49. The fourth-order valence-corrected chi connectivity index (χ4v) is 11.0. The molecule has 3 heterocycles. The predicted molar refractivity (Wildman–Crippen MR) is 94.6 cm³/mol. The molecule has 3 saturated carbocycles. The first-order valence-corrected chi connectivity index (χ1v) is 12.3. The van der Waals surface area contributed by atoms with Crippen molar-refractivity contribution in [1.82, 2.24) is 7.06 Å². The summed E-state index contributed by atoms with van der Waals surface area (Å²) in [6.07, 6.45) is 2.91. The number of halogens is 1. The molecule has 0 aromatic carbocycles. The van der Waals surface area contributed by atoms with Crippen LogP contribution in [0.5, 0.6) is 0 Å². The van der Waals surface area contributed by atoms with Crippen molar-refractivity contribution in [3.05, 3.63) is 0 Å². The maximum absolute atomic E-state index is 13.1. The molecule has 24 heavy (non-hydrogen) atoms. The number of cyclic esters (lactones) is 1. The summed E-state index contributed by atoms with van der Waals surface area (Å²) in [5.74, 6) is 1.07. The van der Waals surface area contributed by atoms with Gasteiger partial charge in [0.1, 0.15) is 0 Å². The van der Waals surface area contributed by atoms with E-state index in [0.717, 1.165) is 19.3 Å². The second kappa shape index (κ2) is 4.85. The van der Waals surface area contributed by atoms with Crippen molar-refractivity contribution in [2.24, 2.45) is 35.0 Å². The first-order valence-electron chi connectivity index (χ1n) is 9.01. The number of esters is 2. The summed E-state index contributed by atoms with van der Waals surface area (Å²) in [6.45, 7) is 6.79. The Bertz CT molecular complexity index is 620. The van der Waals surface area contributed by atoms with E-state index in [1.807, 2.05) is 0 Å². The van der Waals surface area contributed by atoms with Gasteiger partial charge in [-0.1, -0.05) is 0 Å². The first-order chi connectivity index (χ1) is 11.4. The standard InChI is InChI=1S/C17H25IN2O4/c1-8(2)16(3,17-18(19-17)20-17)15(22)24-12-6-9-4-5-10(12)11-7-23-14(21)13(9)11/h8-13,19-20H,4-7H2,1-3H3. The third-order valence-electron chi connectivity index (χ3n) is 7.31. The van der Waals surface area contributed by atoms with E-state index in [4.69, 9.17) is 9.47 Å². The molecule has 6 rings (SSSR count). The van der Waals surface area contributed by atoms with Gasteiger partial charge in [-0.2, -0.15) is 0 Å². The van der Waals surface area contributed by atoms with E-state index < -0.39 is 25.8 Å². The Morgan fingerprint density at radius 1 is 1.38 bits per heavy atom. The van der Waals surface area contributed by atoms with Crippen LogP contribution in [0.25, 0.3) is 0 Å². The van der Waals surface area contributed by atoms with Crippen molar-refractivity contribution in [2.45, 2.75) is 49.8 Å². The van der Waals surface area contributed by atoms with E-state index in [1.54, 1.807) is 0 Å². The molecule has 0 spiro atoms. The van der Waals surface area contributed by atoms with Crippen LogP contribution in [-0.4, -0.2) is 28.3 Å². The van der Waals surface area contributed by atoms with E-state index in [0.29, 0.717) is 18.4 Å². The minimum atomic E-state index is -1.23. The van der Waals surface area contributed by atoms with Crippen molar-refractivity contribution in [2.75, 3.05) is 6.61 Å². The van der Waals surface area contributed by atoms with Crippen LogP contribution in [0.2, 0.25) is 0 Å². The third-order valence-corrected chi connectivity index (χ3v) is 12.2. The predicted octanol–water partition coefficient (Wildman–Crippen LogP) is 1.98. The zero-order chi connectivity index (χ0) is 16.9. The van der Waals surface area contributed by atoms with E-state index in [9.17, 15) is 9.59 Å². The summed E-state index contributed by atoms with van der Waals surface area (Å²) >= 11 is -1.23. The van der Waals surface area contributed by atoms with Crippen LogP contribution in [0.15, 0.2) is 0 Å². The van der Waals surface area contributed by atoms with Gasteiger partial charge in [-0.15, -0.1) is 0 Å². The number of carbonyl (C=O) groups is 2. The molecule has 0 amide bonds. The molecule has 3 aliphatic heterocycles.